The van der Waals surface area contributed by atoms with Crippen LogP contribution in [0.25, 0.3) is 0 Å². The number of amides is 2. The van der Waals surface area contributed by atoms with E-state index in [0.717, 1.165) is 0 Å². The van der Waals surface area contributed by atoms with Crippen LogP contribution in [0.3, 0.4) is 0 Å². The Bertz CT molecular complexity index is 338. The van der Waals surface area contributed by atoms with E-state index in [1.165, 1.54) is 7.11 Å². The van der Waals surface area contributed by atoms with Gasteiger partial charge >= 0.3 is 12.2 Å². The zero-order valence-electron chi connectivity index (χ0n) is 12.4. The molecule has 6 nitrogen and oxygen atoms in total. The topological polar surface area (TPSA) is 67.9 Å². The first-order valence-corrected chi connectivity index (χ1v) is 6.57. The van der Waals surface area contributed by atoms with Crippen LogP contribution in [0.15, 0.2) is 0 Å². The first-order valence-electron chi connectivity index (χ1n) is 6.57. The minimum Gasteiger partial charge on any atom is -0.453 e. The average molecular weight is 272 g/mol. The van der Waals surface area contributed by atoms with Crippen molar-refractivity contribution in [1.29, 1.82) is 0 Å². The molecule has 0 bridgehead atoms. The van der Waals surface area contributed by atoms with Gasteiger partial charge in [-0.2, -0.15) is 0 Å². The van der Waals surface area contributed by atoms with Gasteiger partial charge in [0.15, 0.2) is 0 Å². The maximum atomic E-state index is 12.0. The summed E-state index contributed by atoms with van der Waals surface area (Å²) >= 11 is 0. The van der Waals surface area contributed by atoms with Gasteiger partial charge in [-0.15, -0.1) is 0 Å². The van der Waals surface area contributed by atoms with Crippen LogP contribution in [-0.2, 0) is 9.47 Å². The van der Waals surface area contributed by atoms with Crippen LogP contribution in [0.5, 0.6) is 0 Å². The van der Waals surface area contributed by atoms with E-state index in [2.05, 4.69) is 10.1 Å². The minimum absolute atomic E-state index is 0.0331. The first-order chi connectivity index (χ1) is 8.73. The first kappa shape index (κ1) is 15.6. The van der Waals surface area contributed by atoms with E-state index in [4.69, 9.17) is 4.74 Å². The summed E-state index contributed by atoms with van der Waals surface area (Å²) in [6.07, 6.45) is 0.687. The molecule has 1 N–H and O–H groups in total. The third kappa shape index (κ3) is 4.96. The Balaban J connectivity index is 2.50. The fraction of sp³-hybridized carbons (Fsp3) is 0.846. The zero-order chi connectivity index (χ0) is 14.6. The summed E-state index contributed by atoms with van der Waals surface area (Å²) in [5, 5.41) is 2.77. The number of methoxy groups -OCH3 is 1. The highest BCUT2D eigenvalue weighted by Crippen LogP contribution is 2.20. The summed E-state index contributed by atoms with van der Waals surface area (Å²) in [5.41, 5.74) is -0.488. The predicted octanol–water partition coefficient (Wildman–Crippen LogP) is 2.13. The van der Waals surface area contributed by atoms with Gasteiger partial charge in [-0.3, -0.25) is 0 Å². The molecule has 1 saturated heterocycles. The Morgan fingerprint density at radius 3 is 2.42 bits per heavy atom. The number of hydrogen-bond donors (Lipinski definition) is 1. The molecule has 6 heteroatoms. The Morgan fingerprint density at radius 1 is 1.32 bits per heavy atom. The lowest BCUT2D eigenvalue weighted by Crippen LogP contribution is -2.51. The summed E-state index contributed by atoms with van der Waals surface area (Å²) in [5.74, 6) is 0. The molecule has 0 aromatic heterocycles. The van der Waals surface area contributed by atoms with Crippen LogP contribution in [0.4, 0.5) is 9.59 Å². The van der Waals surface area contributed by atoms with Crippen molar-refractivity contribution < 1.29 is 19.1 Å². The van der Waals surface area contributed by atoms with Gasteiger partial charge in [-0.1, -0.05) is 0 Å². The number of likely N-dealkylation sites (tertiary alicyclic amines) is 1. The second-order valence-corrected chi connectivity index (χ2v) is 5.88. The molecular formula is C13H24N2O4. The molecule has 1 rings (SSSR count). The fourth-order valence-corrected chi connectivity index (χ4v) is 2.12. The number of nitrogens with one attached hydrogen (secondary N) is 1. The van der Waals surface area contributed by atoms with Crippen molar-refractivity contribution >= 4 is 12.2 Å². The molecule has 0 radical (unpaired) electrons. The fourth-order valence-electron chi connectivity index (χ4n) is 2.12. The second-order valence-electron chi connectivity index (χ2n) is 5.88. The molecule has 1 heterocycles. The van der Waals surface area contributed by atoms with Gasteiger partial charge < -0.3 is 19.7 Å². The van der Waals surface area contributed by atoms with Crippen LogP contribution in [-0.4, -0.2) is 48.4 Å². The predicted molar refractivity (Wildman–Crippen MR) is 71.0 cm³/mol. The second kappa shape index (κ2) is 6.12. The maximum absolute atomic E-state index is 12.0. The minimum atomic E-state index is -0.488. The van der Waals surface area contributed by atoms with Gasteiger partial charge in [0.25, 0.3) is 0 Å². The standard InChI is InChI=1S/C13H24N2O4/c1-9-8-10(14-11(16)18-5)6-7-15(9)12(17)19-13(2,3)4/h9-10H,6-8H2,1-5H3,(H,14,16)/t9-,10?/m1/s1. The van der Waals surface area contributed by atoms with E-state index in [1.54, 1.807) is 4.90 Å². The van der Waals surface area contributed by atoms with E-state index < -0.39 is 11.7 Å². The van der Waals surface area contributed by atoms with Crippen LogP contribution in [0.1, 0.15) is 40.5 Å². The van der Waals surface area contributed by atoms with Crippen molar-refractivity contribution in [3.05, 3.63) is 0 Å². The molecule has 1 fully saturated rings. The van der Waals surface area contributed by atoms with E-state index >= 15 is 0 Å². The molecule has 1 aliphatic heterocycles. The van der Waals surface area contributed by atoms with Gasteiger partial charge in [0, 0.05) is 18.6 Å². The average Bonchev–Trinajstić information content (AvgIpc) is 2.26. The SMILES string of the molecule is COC(=O)NC1CCN(C(=O)OC(C)(C)C)[C@H](C)C1. The lowest BCUT2D eigenvalue weighted by Gasteiger charge is -2.38. The molecule has 0 spiro atoms. The summed E-state index contributed by atoms with van der Waals surface area (Å²) in [6.45, 7) is 8.07. The largest absolute Gasteiger partial charge is 0.453 e. The van der Waals surface area contributed by atoms with Gasteiger partial charge in [-0.25, -0.2) is 9.59 Å². The lowest BCUT2D eigenvalue weighted by molar-refractivity contribution is 0.00955. The summed E-state index contributed by atoms with van der Waals surface area (Å²) in [4.78, 5) is 24.9. The van der Waals surface area contributed by atoms with Crippen molar-refractivity contribution in [3.63, 3.8) is 0 Å². The number of hydrogen-bond acceptors (Lipinski definition) is 4. The van der Waals surface area contributed by atoms with E-state index in [-0.39, 0.29) is 18.2 Å². The van der Waals surface area contributed by atoms with E-state index in [0.29, 0.717) is 19.4 Å². The van der Waals surface area contributed by atoms with Gasteiger partial charge in [0.2, 0.25) is 0 Å². The Kier molecular flexibility index (Phi) is 5.03. The van der Waals surface area contributed by atoms with Crippen LogP contribution in [0, 0.1) is 0 Å². The molecule has 0 aromatic carbocycles. The number of nitrogens with zero attached hydrogens (tertiary/aromatic N) is 1. The number of ether oxygens (including phenoxy) is 2. The molecular weight excluding hydrogens is 248 g/mol. The molecule has 1 aliphatic rings. The number of carbonyl (C=O) groups is 2. The maximum Gasteiger partial charge on any atom is 0.410 e. The van der Waals surface area contributed by atoms with E-state index in [9.17, 15) is 9.59 Å². The third-order valence-corrected chi connectivity index (χ3v) is 3.01. The number of alkyl carbamates (subject to hydrolysis) is 1. The van der Waals surface area contributed by atoms with Crippen molar-refractivity contribution in [2.45, 2.75) is 58.2 Å². The zero-order valence-corrected chi connectivity index (χ0v) is 12.4. The van der Waals surface area contributed by atoms with Crippen LogP contribution < -0.4 is 5.32 Å². The van der Waals surface area contributed by atoms with Crippen LogP contribution in [0.2, 0.25) is 0 Å². The van der Waals surface area contributed by atoms with Crippen molar-refractivity contribution in [1.82, 2.24) is 10.2 Å². The smallest absolute Gasteiger partial charge is 0.410 e. The highest BCUT2D eigenvalue weighted by atomic mass is 16.6. The van der Waals surface area contributed by atoms with Gasteiger partial charge in [0.05, 0.1) is 7.11 Å². The van der Waals surface area contributed by atoms with Crippen molar-refractivity contribution in [2.24, 2.45) is 0 Å². The quantitative estimate of drug-likeness (QED) is 0.794. The molecule has 19 heavy (non-hydrogen) atoms. The highest BCUT2D eigenvalue weighted by molar-refractivity contribution is 5.69. The number of rotatable bonds is 1. The summed E-state index contributed by atoms with van der Waals surface area (Å²) in [7, 11) is 1.34. The molecule has 0 saturated carbocycles. The Hall–Kier alpha value is -1.46. The molecule has 0 aliphatic carbocycles. The highest BCUT2D eigenvalue weighted by Gasteiger charge is 2.32. The Labute approximate surface area is 114 Å². The molecule has 2 atom stereocenters. The van der Waals surface area contributed by atoms with Crippen molar-refractivity contribution in [2.75, 3.05) is 13.7 Å². The van der Waals surface area contributed by atoms with Gasteiger partial charge in [0.1, 0.15) is 5.60 Å². The Morgan fingerprint density at radius 2 is 1.95 bits per heavy atom. The van der Waals surface area contributed by atoms with Crippen molar-refractivity contribution in [3.8, 4) is 0 Å². The monoisotopic (exact) mass is 272 g/mol. The van der Waals surface area contributed by atoms with Crippen LogP contribution >= 0.6 is 0 Å². The molecule has 2 amide bonds. The summed E-state index contributed by atoms with van der Waals surface area (Å²) in [6, 6.07) is 0.0758. The molecule has 0 aromatic rings. The number of piperidine rings is 1. The molecule has 110 valence electrons. The number of carbonyl (C=O) groups excluding carboxylic acids is 2. The van der Waals surface area contributed by atoms with E-state index in [1.807, 2.05) is 27.7 Å². The lowest BCUT2D eigenvalue weighted by atomic mass is 9.99. The molecule has 1 unspecified atom stereocenters. The normalized spacial score (nSPS) is 23.7. The van der Waals surface area contributed by atoms with Gasteiger partial charge in [-0.05, 0) is 40.5 Å². The third-order valence-electron chi connectivity index (χ3n) is 3.01. The summed E-state index contributed by atoms with van der Waals surface area (Å²) < 4.78 is 9.93.